The summed E-state index contributed by atoms with van der Waals surface area (Å²) in [6.07, 6.45) is 9.75. The number of Topliss-reactive ketones (excluding diaryl/α,β-unsaturated/α-hetero) is 1. The van der Waals surface area contributed by atoms with Crippen molar-refractivity contribution in [2.45, 2.75) is 70.8 Å². The number of nitrogens with zero attached hydrogens (tertiary/aromatic N) is 1. The second-order valence-electron chi connectivity index (χ2n) is 5.90. The van der Waals surface area contributed by atoms with E-state index in [1.54, 1.807) is 0 Å². The van der Waals surface area contributed by atoms with Crippen LogP contribution in [-0.4, -0.2) is 29.2 Å². The molecule has 0 spiro atoms. The maximum Gasteiger partial charge on any atom is 0.290 e. The second kappa shape index (κ2) is 6.35. The molecule has 1 heterocycles. The van der Waals surface area contributed by atoms with E-state index in [0.29, 0.717) is 0 Å². The van der Waals surface area contributed by atoms with Gasteiger partial charge in [-0.15, -0.1) is 0 Å². The van der Waals surface area contributed by atoms with E-state index in [1.165, 1.54) is 19.3 Å². The molecule has 1 saturated heterocycles. The summed E-state index contributed by atoms with van der Waals surface area (Å²) in [4.78, 5) is 26.4. The SMILES string of the molecule is CC1CCCCCN1C(=O)C(=O)C1CCCCC1. The molecule has 3 nitrogen and oxygen atoms in total. The van der Waals surface area contributed by atoms with Gasteiger partial charge < -0.3 is 4.90 Å². The van der Waals surface area contributed by atoms with Crippen LogP contribution < -0.4 is 0 Å². The zero-order chi connectivity index (χ0) is 13.0. The Morgan fingerprint density at radius 1 is 0.889 bits per heavy atom. The van der Waals surface area contributed by atoms with Crippen LogP contribution in [0.3, 0.4) is 0 Å². The molecule has 2 aliphatic rings. The first kappa shape index (κ1) is 13.6. The molecule has 1 unspecified atom stereocenters. The third-order valence-electron chi connectivity index (χ3n) is 4.50. The zero-order valence-electron chi connectivity index (χ0n) is 11.5. The molecule has 0 aromatic rings. The minimum absolute atomic E-state index is 0.0155. The normalized spacial score (nSPS) is 26.7. The highest BCUT2D eigenvalue weighted by Crippen LogP contribution is 2.26. The lowest BCUT2D eigenvalue weighted by atomic mass is 9.85. The van der Waals surface area contributed by atoms with Gasteiger partial charge in [-0.1, -0.05) is 32.1 Å². The van der Waals surface area contributed by atoms with Crippen LogP contribution in [0.25, 0.3) is 0 Å². The van der Waals surface area contributed by atoms with E-state index in [0.717, 1.165) is 45.1 Å². The molecule has 0 radical (unpaired) electrons. The van der Waals surface area contributed by atoms with Crippen molar-refractivity contribution in [3.63, 3.8) is 0 Å². The van der Waals surface area contributed by atoms with Crippen LogP contribution in [0.4, 0.5) is 0 Å². The van der Waals surface area contributed by atoms with Gasteiger partial charge in [-0.3, -0.25) is 9.59 Å². The van der Waals surface area contributed by atoms with Gasteiger partial charge in [0.05, 0.1) is 0 Å². The van der Waals surface area contributed by atoms with Crippen LogP contribution in [-0.2, 0) is 9.59 Å². The van der Waals surface area contributed by atoms with Crippen molar-refractivity contribution in [2.24, 2.45) is 5.92 Å². The van der Waals surface area contributed by atoms with Crippen molar-refractivity contribution in [1.29, 1.82) is 0 Å². The molecule has 2 rings (SSSR count). The fourth-order valence-corrected chi connectivity index (χ4v) is 3.26. The number of rotatable bonds is 2. The van der Waals surface area contributed by atoms with E-state index >= 15 is 0 Å². The Balaban J connectivity index is 1.97. The Bertz CT molecular complexity index is 308. The van der Waals surface area contributed by atoms with Crippen molar-refractivity contribution >= 4 is 11.7 Å². The van der Waals surface area contributed by atoms with Gasteiger partial charge >= 0.3 is 0 Å². The molecule has 0 aromatic carbocycles. The molecule has 0 aromatic heterocycles. The molecule has 102 valence electrons. The third-order valence-corrected chi connectivity index (χ3v) is 4.50. The average molecular weight is 251 g/mol. The first-order valence-electron chi connectivity index (χ1n) is 7.55. The summed E-state index contributed by atoms with van der Waals surface area (Å²) in [5.74, 6) is -0.290. The Morgan fingerprint density at radius 2 is 1.50 bits per heavy atom. The average Bonchev–Trinajstić information content (AvgIpc) is 2.63. The molecule has 1 amide bonds. The van der Waals surface area contributed by atoms with E-state index in [2.05, 4.69) is 6.92 Å². The number of hydrogen-bond donors (Lipinski definition) is 0. The van der Waals surface area contributed by atoms with Crippen LogP contribution in [0, 0.1) is 5.92 Å². The maximum absolute atomic E-state index is 12.3. The maximum atomic E-state index is 12.3. The lowest BCUT2D eigenvalue weighted by molar-refractivity contribution is -0.148. The summed E-state index contributed by atoms with van der Waals surface area (Å²) >= 11 is 0. The number of ketones is 1. The highest BCUT2D eigenvalue weighted by Gasteiger charge is 2.32. The predicted octanol–water partition coefficient (Wildman–Crippen LogP) is 2.93. The van der Waals surface area contributed by atoms with Gasteiger partial charge in [0.25, 0.3) is 5.91 Å². The molecule has 0 bridgehead atoms. The Hall–Kier alpha value is -0.860. The third kappa shape index (κ3) is 3.12. The van der Waals surface area contributed by atoms with Crippen molar-refractivity contribution in [2.75, 3.05) is 6.54 Å². The number of amides is 1. The zero-order valence-corrected chi connectivity index (χ0v) is 11.5. The highest BCUT2D eigenvalue weighted by molar-refractivity contribution is 6.36. The Morgan fingerprint density at radius 3 is 2.22 bits per heavy atom. The summed E-state index contributed by atoms with van der Waals surface area (Å²) in [5, 5.41) is 0. The topological polar surface area (TPSA) is 37.4 Å². The van der Waals surface area contributed by atoms with Gasteiger partial charge in [0.1, 0.15) is 0 Å². The highest BCUT2D eigenvalue weighted by atomic mass is 16.2. The van der Waals surface area contributed by atoms with Crippen LogP contribution in [0.2, 0.25) is 0 Å². The summed E-state index contributed by atoms with van der Waals surface area (Å²) in [6.45, 7) is 2.86. The second-order valence-corrected chi connectivity index (χ2v) is 5.90. The van der Waals surface area contributed by atoms with Crippen LogP contribution in [0.15, 0.2) is 0 Å². The molecule has 0 N–H and O–H groups in total. The largest absolute Gasteiger partial charge is 0.333 e. The van der Waals surface area contributed by atoms with E-state index in [-0.39, 0.29) is 23.7 Å². The summed E-state index contributed by atoms with van der Waals surface area (Å²) in [6, 6.07) is 0.243. The van der Waals surface area contributed by atoms with Gasteiger partial charge in [0.15, 0.2) is 0 Å². The minimum Gasteiger partial charge on any atom is -0.333 e. The fraction of sp³-hybridized carbons (Fsp3) is 0.867. The lowest BCUT2D eigenvalue weighted by Crippen LogP contribution is -2.44. The Labute approximate surface area is 110 Å². The molecule has 1 atom stereocenters. The Kier molecular flexibility index (Phi) is 4.79. The summed E-state index contributed by atoms with van der Waals surface area (Å²) in [7, 11) is 0. The van der Waals surface area contributed by atoms with Crippen LogP contribution >= 0.6 is 0 Å². The van der Waals surface area contributed by atoms with E-state index in [9.17, 15) is 9.59 Å². The van der Waals surface area contributed by atoms with Crippen LogP contribution in [0.1, 0.15) is 64.7 Å². The fourth-order valence-electron chi connectivity index (χ4n) is 3.26. The minimum atomic E-state index is -0.198. The molecular weight excluding hydrogens is 226 g/mol. The monoisotopic (exact) mass is 251 g/mol. The number of carbonyl (C=O) groups is 2. The van der Waals surface area contributed by atoms with Crippen molar-refractivity contribution in [3.8, 4) is 0 Å². The molecular formula is C15H25NO2. The molecule has 3 heteroatoms. The predicted molar refractivity (Wildman–Crippen MR) is 71.2 cm³/mol. The van der Waals surface area contributed by atoms with Gasteiger partial charge in [-0.05, 0) is 32.6 Å². The van der Waals surface area contributed by atoms with Gasteiger partial charge in [0, 0.05) is 18.5 Å². The van der Waals surface area contributed by atoms with Crippen molar-refractivity contribution < 1.29 is 9.59 Å². The molecule has 1 aliphatic carbocycles. The molecule has 1 aliphatic heterocycles. The number of hydrogen-bond acceptors (Lipinski definition) is 2. The lowest BCUT2D eigenvalue weighted by Gasteiger charge is -2.29. The van der Waals surface area contributed by atoms with E-state index in [4.69, 9.17) is 0 Å². The van der Waals surface area contributed by atoms with E-state index < -0.39 is 0 Å². The number of carbonyl (C=O) groups excluding carboxylic acids is 2. The standard InChI is InChI=1S/C15H25NO2/c1-12-8-4-3-7-11-16(12)15(18)14(17)13-9-5-2-6-10-13/h12-13H,2-11H2,1H3. The smallest absolute Gasteiger partial charge is 0.290 e. The van der Waals surface area contributed by atoms with E-state index in [1.807, 2.05) is 4.90 Å². The molecule has 1 saturated carbocycles. The first-order valence-corrected chi connectivity index (χ1v) is 7.55. The van der Waals surface area contributed by atoms with Gasteiger partial charge in [-0.2, -0.15) is 0 Å². The summed E-state index contributed by atoms with van der Waals surface area (Å²) in [5.41, 5.74) is 0. The van der Waals surface area contributed by atoms with Crippen molar-refractivity contribution in [1.82, 2.24) is 4.90 Å². The van der Waals surface area contributed by atoms with Gasteiger partial charge in [0.2, 0.25) is 5.78 Å². The quantitative estimate of drug-likeness (QED) is 0.708. The molecule has 2 fully saturated rings. The first-order chi connectivity index (χ1) is 8.70. The summed E-state index contributed by atoms with van der Waals surface area (Å²) < 4.78 is 0. The van der Waals surface area contributed by atoms with Crippen molar-refractivity contribution in [3.05, 3.63) is 0 Å². The molecule has 18 heavy (non-hydrogen) atoms. The van der Waals surface area contributed by atoms with Gasteiger partial charge in [-0.25, -0.2) is 0 Å². The number of likely N-dealkylation sites (tertiary alicyclic amines) is 1. The van der Waals surface area contributed by atoms with Crippen LogP contribution in [0.5, 0.6) is 0 Å².